The van der Waals surface area contributed by atoms with Gasteiger partial charge in [-0.2, -0.15) is 0 Å². The molecule has 5 nitrogen and oxygen atoms in total. The van der Waals surface area contributed by atoms with Crippen LogP contribution in [0, 0.1) is 0 Å². The summed E-state index contributed by atoms with van der Waals surface area (Å²) in [5, 5.41) is 3.57. The maximum absolute atomic E-state index is 11.6. The Kier molecular flexibility index (Phi) is 3.12. The van der Waals surface area contributed by atoms with Crippen LogP contribution in [0.5, 0.6) is 0 Å². The van der Waals surface area contributed by atoms with E-state index in [2.05, 4.69) is 10.0 Å². The molecule has 1 aliphatic rings. The number of benzene rings is 1. The number of rotatable bonds is 3. The Balaban J connectivity index is 2.28. The third kappa shape index (κ3) is 2.29. The van der Waals surface area contributed by atoms with E-state index in [9.17, 15) is 4.79 Å². The summed E-state index contributed by atoms with van der Waals surface area (Å²) in [5.74, 6) is -0.484. The largest absolute Gasteiger partial charge is 0.465 e. The van der Waals surface area contributed by atoms with Crippen molar-refractivity contribution in [3.8, 4) is 0 Å². The molecule has 0 spiro atoms. The van der Waals surface area contributed by atoms with Gasteiger partial charge in [0.2, 0.25) is 0 Å². The van der Waals surface area contributed by atoms with Crippen LogP contribution in [0.3, 0.4) is 0 Å². The van der Waals surface area contributed by atoms with Gasteiger partial charge in [-0.1, -0.05) is 47.6 Å². The monoisotopic (exact) mass is 229 g/mol. The third-order valence-electron chi connectivity index (χ3n) is 2.64. The lowest BCUT2D eigenvalue weighted by Gasteiger charge is -2.11. The molecular formula is C12H11N3O2. The summed E-state index contributed by atoms with van der Waals surface area (Å²) >= 11 is 0. The van der Waals surface area contributed by atoms with E-state index in [1.807, 2.05) is 30.3 Å². The number of cyclic esters (lactones) is 1. The number of ether oxygens (including phenoxy) is 1. The molecule has 5 heteroatoms. The predicted octanol–water partition coefficient (Wildman–Crippen LogP) is 2.70. The fourth-order valence-corrected chi connectivity index (χ4v) is 1.68. The first-order valence-corrected chi connectivity index (χ1v) is 5.25. The lowest BCUT2D eigenvalue weighted by atomic mass is 9.97. The minimum Gasteiger partial charge on any atom is -0.465 e. The molecule has 0 aromatic heterocycles. The van der Waals surface area contributed by atoms with E-state index in [0.29, 0.717) is 6.42 Å². The summed E-state index contributed by atoms with van der Waals surface area (Å²) < 4.78 is 4.85. The molecule has 1 aromatic rings. The molecule has 0 N–H and O–H groups in total. The van der Waals surface area contributed by atoms with Gasteiger partial charge in [-0.25, -0.2) is 0 Å². The molecule has 0 saturated carbocycles. The van der Waals surface area contributed by atoms with Gasteiger partial charge < -0.3 is 4.74 Å². The highest BCUT2D eigenvalue weighted by atomic mass is 16.5. The Bertz CT molecular complexity index is 492. The SMILES string of the molecule is [N-]=[N+]=NC1(/C=C/c2ccccc2)CCOC1=O. The van der Waals surface area contributed by atoms with Crippen molar-refractivity contribution in [2.45, 2.75) is 12.0 Å². The minimum absolute atomic E-state index is 0.289. The Morgan fingerprint density at radius 1 is 1.41 bits per heavy atom. The summed E-state index contributed by atoms with van der Waals surface area (Å²) in [6.45, 7) is 0.289. The number of hydrogen-bond acceptors (Lipinski definition) is 3. The molecule has 1 fully saturated rings. The molecule has 86 valence electrons. The van der Waals surface area contributed by atoms with E-state index < -0.39 is 11.5 Å². The maximum Gasteiger partial charge on any atom is 0.322 e. The quantitative estimate of drug-likeness (QED) is 0.346. The van der Waals surface area contributed by atoms with Gasteiger partial charge in [0, 0.05) is 11.3 Å². The molecule has 2 rings (SSSR count). The van der Waals surface area contributed by atoms with Crippen molar-refractivity contribution in [2.75, 3.05) is 6.61 Å². The molecule has 0 aliphatic carbocycles. The second kappa shape index (κ2) is 4.72. The van der Waals surface area contributed by atoms with Crippen LogP contribution < -0.4 is 0 Å². The predicted molar refractivity (Wildman–Crippen MR) is 62.9 cm³/mol. The van der Waals surface area contributed by atoms with Crippen molar-refractivity contribution in [1.29, 1.82) is 0 Å². The second-order valence-electron chi connectivity index (χ2n) is 3.74. The number of carbonyl (C=O) groups excluding carboxylic acids is 1. The summed E-state index contributed by atoms with van der Waals surface area (Å²) in [6, 6.07) is 9.51. The average Bonchev–Trinajstić information content (AvgIpc) is 2.71. The lowest BCUT2D eigenvalue weighted by molar-refractivity contribution is -0.140. The smallest absolute Gasteiger partial charge is 0.322 e. The van der Waals surface area contributed by atoms with Gasteiger partial charge in [0.15, 0.2) is 5.54 Å². The van der Waals surface area contributed by atoms with E-state index in [1.54, 1.807) is 12.2 Å². The summed E-state index contributed by atoms with van der Waals surface area (Å²) in [4.78, 5) is 14.3. The highest BCUT2D eigenvalue weighted by Crippen LogP contribution is 2.27. The molecule has 1 saturated heterocycles. The van der Waals surface area contributed by atoms with Crippen molar-refractivity contribution >= 4 is 12.0 Å². The molecule has 1 aliphatic heterocycles. The average molecular weight is 229 g/mol. The first-order valence-electron chi connectivity index (χ1n) is 5.25. The summed E-state index contributed by atoms with van der Waals surface area (Å²) in [5.41, 5.74) is 8.29. The van der Waals surface area contributed by atoms with Gasteiger partial charge in [-0.15, -0.1) is 0 Å². The molecule has 1 aromatic carbocycles. The molecule has 1 heterocycles. The minimum atomic E-state index is -1.18. The van der Waals surface area contributed by atoms with Gasteiger partial charge in [0.25, 0.3) is 0 Å². The van der Waals surface area contributed by atoms with Crippen LogP contribution in [0.2, 0.25) is 0 Å². The Morgan fingerprint density at radius 2 is 2.18 bits per heavy atom. The van der Waals surface area contributed by atoms with Crippen LogP contribution in [-0.2, 0) is 9.53 Å². The summed E-state index contributed by atoms with van der Waals surface area (Å²) in [6.07, 6.45) is 3.76. The zero-order chi connectivity index (χ0) is 12.1. The standard InChI is InChI=1S/C12H11N3O2/c13-15-14-12(8-9-17-11(12)16)7-6-10-4-2-1-3-5-10/h1-7H,8-9H2/b7-6+. The molecule has 0 bridgehead atoms. The number of esters is 1. The number of hydrogen-bond donors (Lipinski definition) is 0. The molecular weight excluding hydrogens is 218 g/mol. The molecule has 1 atom stereocenters. The molecule has 0 amide bonds. The van der Waals surface area contributed by atoms with Crippen LogP contribution in [-0.4, -0.2) is 18.1 Å². The van der Waals surface area contributed by atoms with Crippen molar-refractivity contribution in [2.24, 2.45) is 5.11 Å². The molecule has 0 radical (unpaired) electrons. The number of carbonyl (C=O) groups is 1. The fraction of sp³-hybridized carbons (Fsp3) is 0.250. The fourth-order valence-electron chi connectivity index (χ4n) is 1.68. The van der Waals surface area contributed by atoms with Crippen molar-refractivity contribution in [1.82, 2.24) is 0 Å². The maximum atomic E-state index is 11.6. The van der Waals surface area contributed by atoms with Crippen LogP contribution >= 0.6 is 0 Å². The van der Waals surface area contributed by atoms with Gasteiger partial charge in [0.1, 0.15) is 0 Å². The van der Waals surface area contributed by atoms with Gasteiger partial charge in [-0.3, -0.25) is 4.79 Å². The Morgan fingerprint density at radius 3 is 2.76 bits per heavy atom. The van der Waals surface area contributed by atoms with Crippen LogP contribution in [0.15, 0.2) is 41.5 Å². The van der Waals surface area contributed by atoms with Crippen molar-refractivity contribution < 1.29 is 9.53 Å². The highest BCUT2D eigenvalue weighted by molar-refractivity contribution is 5.86. The van der Waals surface area contributed by atoms with Crippen molar-refractivity contribution in [3.63, 3.8) is 0 Å². The van der Waals surface area contributed by atoms with Crippen LogP contribution in [0.1, 0.15) is 12.0 Å². The zero-order valence-corrected chi connectivity index (χ0v) is 9.11. The highest BCUT2D eigenvalue weighted by Gasteiger charge is 2.41. The van der Waals surface area contributed by atoms with Gasteiger partial charge in [-0.05, 0) is 11.1 Å². The Labute approximate surface area is 98.3 Å². The van der Waals surface area contributed by atoms with Crippen molar-refractivity contribution in [3.05, 3.63) is 52.4 Å². The van der Waals surface area contributed by atoms with E-state index in [4.69, 9.17) is 10.3 Å². The second-order valence-corrected chi connectivity index (χ2v) is 3.74. The van der Waals surface area contributed by atoms with Crippen LogP contribution in [0.4, 0.5) is 0 Å². The van der Waals surface area contributed by atoms with Gasteiger partial charge >= 0.3 is 5.97 Å². The normalized spacial score (nSPS) is 23.4. The van der Waals surface area contributed by atoms with E-state index >= 15 is 0 Å². The van der Waals surface area contributed by atoms with E-state index in [-0.39, 0.29) is 6.61 Å². The number of nitrogens with zero attached hydrogens (tertiary/aromatic N) is 3. The van der Waals surface area contributed by atoms with E-state index in [1.165, 1.54) is 0 Å². The zero-order valence-electron chi connectivity index (χ0n) is 9.11. The number of azide groups is 1. The summed E-state index contributed by atoms with van der Waals surface area (Å²) in [7, 11) is 0. The molecule has 1 unspecified atom stereocenters. The van der Waals surface area contributed by atoms with E-state index in [0.717, 1.165) is 5.56 Å². The van der Waals surface area contributed by atoms with Crippen LogP contribution in [0.25, 0.3) is 16.5 Å². The Hall–Kier alpha value is -2.26. The van der Waals surface area contributed by atoms with Gasteiger partial charge in [0.05, 0.1) is 6.61 Å². The molecule has 17 heavy (non-hydrogen) atoms. The lowest BCUT2D eigenvalue weighted by Crippen LogP contribution is -2.28. The third-order valence-corrected chi connectivity index (χ3v) is 2.64. The topological polar surface area (TPSA) is 75.1 Å². The first kappa shape index (κ1) is 11.2. The first-order chi connectivity index (χ1) is 8.27.